The lowest BCUT2D eigenvalue weighted by Crippen LogP contribution is -1.99. The van der Waals surface area contributed by atoms with E-state index < -0.39 is 5.97 Å². The van der Waals surface area contributed by atoms with Crippen molar-refractivity contribution < 1.29 is 14.6 Å². The maximum Gasteiger partial charge on any atom is 0.307 e. The van der Waals surface area contributed by atoms with Gasteiger partial charge < -0.3 is 9.84 Å². The van der Waals surface area contributed by atoms with Crippen molar-refractivity contribution in [3.8, 4) is 11.6 Å². The smallest absolute Gasteiger partial charge is 0.307 e. The summed E-state index contributed by atoms with van der Waals surface area (Å²) >= 11 is 3.37. The minimum absolute atomic E-state index is 0.00984. The van der Waals surface area contributed by atoms with Gasteiger partial charge in [-0.15, -0.1) is 0 Å². The Hall–Kier alpha value is -1.88. The number of carbonyl (C=O) groups is 1. The van der Waals surface area contributed by atoms with Crippen LogP contribution in [0.4, 0.5) is 0 Å². The van der Waals surface area contributed by atoms with Crippen LogP contribution in [0.25, 0.3) is 0 Å². The summed E-state index contributed by atoms with van der Waals surface area (Å²) in [4.78, 5) is 14.7. The predicted molar refractivity (Wildman–Crippen MR) is 74.5 cm³/mol. The van der Waals surface area contributed by atoms with Gasteiger partial charge in [0.2, 0.25) is 5.88 Å². The van der Waals surface area contributed by atoms with Crippen molar-refractivity contribution in [2.45, 2.75) is 13.3 Å². The fourth-order valence-electron chi connectivity index (χ4n) is 1.54. The molecular weight excluding hydrogens is 310 g/mol. The van der Waals surface area contributed by atoms with Crippen LogP contribution in [0.1, 0.15) is 11.1 Å². The van der Waals surface area contributed by atoms with E-state index >= 15 is 0 Å². The summed E-state index contributed by atoms with van der Waals surface area (Å²) in [5.41, 5.74) is 1.77. The molecular formula is C14H12BrNO3. The Balaban J connectivity index is 2.10. The van der Waals surface area contributed by atoms with Crippen LogP contribution in [-0.2, 0) is 11.2 Å². The quantitative estimate of drug-likeness (QED) is 0.935. The number of hydrogen-bond acceptors (Lipinski definition) is 3. The molecule has 1 aromatic heterocycles. The lowest BCUT2D eigenvalue weighted by atomic mass is 10.1. The maximum atomic E-state index is 10.6. The van der Waals surface area contributed by atoms with E-state index in [0.29, 0.717) is 11.6 Å². The van der Waals surface area contributed by atoms with Gasteiger partial charge in [0.05, 0.1) is 6.42 Å². The second kappa shape index (κ2) is 5.84. The van der Waals surface area contributed by atoms with E-state index in [4.69, 9.17) is 9.84 Å². The van der Waals surface area contributed by atoms with Crippen molar-refractivity contribution in [2.24, 2.45) is 0 Å². The Kier molecular flexibility index (Phi) is 4.16. The van der Waals surface area contributed by atoms with Gasteiger partial charge in [0, 0.05) is 16.7 Å². The number of nitrogens with zero attached hydrogens (tertiary/aromatic N) is 1. The summed E-state index contributed by atoms with van der Waals surface area (Å²) in [5.74, 6) is 0.286. The van der Waals surface area contributed by atoms with E-state index in [1.165, 1.54) is 0 Å². The molecule has 1 heterocycles. The van der Waals surface area contributed by atoms with Crippen molar-refractivity contribution in [1.82, 2.24) is 4.98 Å². The zero-order valence-electron chi connectivity index (χ0n) is 10.3. The van der Waals surface area contributed by atoms with Crippen LogP contribution in [0.5, 0.6) is 11.6 Å². The van der Waals surface area contributed by atoms with Crippen molar-refractivity contribution in [1.29, 1.82) is 0 Å². The molecule has 0 saturated heterocycles. The van der Waals surface area contributed by atoms with E-state index in [9.17, 15) is 4.79 Å². The molecule has 0 saturated carbocycles. The highest BCUT2D eigenvalue weighted by atomic mass is 79.9. The number of aromatic nitrogens is 1. The third-order valence-corrected chi connectivity index (χ3v) is 3.35. The van der Waals surface area contributed by atoms with Gasteiger partial charge >= 0.3 is 5.97 Å². The molecule has 0 spiro atoms. The Morgan fingerprint density at radius 3 is 2.63 bits per heavy atom. The van der Waals surface area contributed by atoms with Gasteiger partial charge in [-0.25, -0.2) is 4.98 Å². The highest BCUT2D eigenvalue weighted by Crippen LogP contribution is 2.23. The second-order valence-electron chi connectivity index (χ2n) is 4.09. The third-order valence-electron chi connectivity index (χ3n) is 2.52. The number of ether oxygens (including phenoxy) is 1. The van der Waals surface area contributed by atoms with Gasteiger partial charge in [-0.3, -0.25) is 4.79 Å². The van der Waals surface area contributed by atoms with Crippen molar-refractivity contribution in [2.75, 3.05) is 0 Å². The van der Waals surface area contributed by atoms with Crippen molar-refractivity contribution in [3.63, 3.8) is 0 Å². The lowest BCUT2D eigenvalue weighted by molar-refractivity contribution is -0.136. The van der Waals surface area contributed by atoms with Crippen LogP contribution in [0.15, 0.2) is 41.0 Å². The predicted octanol–water partition coefficient (Wildman–Crippen LogP) is 3.57. The summed E-state index contributed by atoms with van der Waals surface area (Å²) in [5, 5.41) is 8.68. The van der Waals surface area contributed by atoms with Gasteiger partial charge in [-0.05, 0) is 46.1 Å². The zero-order valence-corrected chi connectivity index (χ0v) is 11.8. The van der Waals surface area contributed by atoms with Gasteiger partial charge in [-0.1, -0.05) is 12.1 Å². The first-order valence-electron chi connectivity index (χ1n) is 5.65. The van der Waals surface area contributed by atoms with Crippen LogP contribution in [0.3, 0.4) is 0 Å². The Bertz CT molecular complexity index is 596. The summed E-state index contributed by atoms with van der Waals surface area (Å²) in [6.45, 7) is 1.95. The maximum absolute atomic E-state index is 10.6. The molecule has 2 rings (SSSR count). The van der Waals surface area contributed by atoms with Gasteiger partial charge in [0.15, 0.2) is 0 Å². The fourth-order valence-corrected chi connectivity index (χ4v) is 1.76. The lowest BCUT2D eigenvalue weighted by Gasteiger charge is -2.06. The number of aliphatic carboxylic acids is 1. The Morgan fingerprint density at radius 2 is 2.05 bits per heavy atom. The van der Waals surface area contributed by atoms with Crippen LogP contribution in [0, 0.1) is 6.92 Å². The molecule has 0 atom stereocenters. The molecule has 1 N–H and O–H groups in total. The molecule has 0 radical (unpaired) electrons. The van der Waals surface area contributed by atoms with Crippen molar-refractivity contribution >= 4 is 21.9 Å². The standard InChI is InChI=1S/C14H12BrNO3/c1-9-6-13(16-8-12(9)15)19-11-4-2-10(3-5-11)7-14(17)18/h2-6,8H,7H2,1H3,(H,17,18). The second-order valence-corrected chi connectivity index (χ2v) is 4.94. The topological polar surface area (TPSA) is 59.4 Å². The average molecular weight is 322 g/mol. The normalized spacial score (nSPS) is 10.2. The molecule has 98 valence electrons. The van der Waals surface area contributed by atoms with Gasteiger partial charge in [0.25, 0.3) is 0 Å². The van der Waals surface area contributed by atoms with Crippen LogP contribution in [0.2, 0.25) is 0 Å². The molecule has 2 aromatic rings. The highest BCUT2D eigenvalue weighted by molar-refractivity contribution is 9.10. The Morgan fingerprint density at radius 1 is 1.37 bits per heavy atom. The number of rotatable bonds is 4. The molecule has 0 aliphatic rings. The first kappa shape index (κ1) is 13.5. The molecule has 0 unspecified atom stereocenters. The summed E-state index contributed by atoms with van der Waals surface area (Å²) in [6.07, 6.45) is 1.69. The van der Waals surface area contributed by atoms with Crippen LogP contribution >= 0.6 is 15.9 Å². The van der Waals surface area contributed by atoms with E-state index in [2.05, 4.69) is 20.9 Å². The number of halogens is 1. The minimum Gasteiger partial charge on any atom is -0.481 e. The van der Waals surface area contributed by atoms with E-state index in [0.717, 1.165) is 15.6 Å². The number of carboxylic acids is 1. The molecule has 1 aromatic carbocycles. The van der Waals surface area contributed by atoms with E-state index in [1.54, 1.807) is 30.5 Å². The largest absolute Gasteiger partial charge is 0.481 e. The van der Waals surface area contributed by atoms with E-state index in [1.807, 2.05) is 13.0 Å². The molecule has 0 bridgehead atoms. The third kappa shape index (κ3) is 3.79. The monoisotopic (exact) mass is 321 g/mol. The van der Waals surface area contributed by atoms with Gasteiger partial charge in [-0.2, -0.15) is 0 Å². The number of hydrogen-bond donors (Lipinski definition) is 1. The molecule has 5 heteroatoms. The summed E-state index contributed by atoms with van der Waals surface area (Å²) in [7, 11) is 0. The highest BCUT2D eigenvalue weighted by Gasteiger charge is 2.03. The molecule has 19 heavy (non-hydrogen) atoms. The number of aryl methyl sites for hydroxylation is 1. The summed E-state index contributed by atoms with van der Waals surface area (Å²) in [6, 6.07) is 8.76. The number of pyridine rings is 1. The van der Waals surface area contributed by atoms with Crippen LogP contribution < -0.4 is 4.74 Å². The number of benzene rings is 1. The van der Waals surface area contributed by atoms with E-state index in [-0.39, 0.29) is 6.42 Å². The zero-order chi connectivity index (χ0) is 13.8. The first-order chi connectivity index (χ1) is 9.04. The molecule has 4 nitrogen and oxygen atoms in total. The molecule has 0 amide bonds. The Labute approximate surface area is 119 Å². The minimum atomic E-state index is -0.848. The molecule has 0 aliphatic heterocycles. The number of carboxylic acid groups (broad SMARTS) is 1. The first-order valence-corrected chi connectivity index (χ1v) is 6.44. The van der Waals surface area contributed by atoms with Crippen molar-refractivity contribution in [3.05, 3.63) is 52.1 Å². The average Bonchev–Trinajstić information content (AvgIpc) is 2.36. The van der Waals surface area contributed by atoms with Gasteiger partial charge in [0.1, 0.15) is 5.75 Å². The molecule has 0 fully saturated rings. The SMILES string of the molecule is Cc1cc(Oc2ccc(CC(=O)O)cc2)ncc1Br. The summed E-state index contributed by atoms with van der Waals surface area (Å²) < 4.78 is 6.52. The van der Waals surface area contributed by atoms with Crippen LogP contribution in [-0.4, -0.2) is 16.1 Å². The molecule has 0 aliphatic carbocycles. The fraction of sp³-hybridized carbons (Fsp3) is 0.143.